The third-order valence-electron chi connectivity index (χ3n) is 4.21. The van der Waals surface area contributed by atoms with Gasteiger partial charge in [-0.05, 0) is 43.5 Å². The van der Waals surface area contributed by atoms with E-state index in [1.165, 1.54) is 23.1 Å². The van der Waals surface area contributed by atoms with Crippen LogP contribution in [-0.2, 0) is 4.79 Å². The van der Waals surface area contributed by atoms with E-state index in [9.17, 15) is 4.79 Å². The number of nitrogens with zero attached hydrogens (tertiary/aromatic N) is 4. The summed E-state index contributed by atoms with van der Waals surface area (Å²) < 4.78 is 2.05. The Bertz CT molecular complexity index is 1200. The van der Waals surface area contributed by atoms with Crippen LogP contribution in [0.3, 0.4) is 0 Å². The van der Waals surface area contributed by atoms with Crippen LogP contribution in [0.25, 0.3) is 22.0 Å². The number of amides is 1. The molecule has 0 radical (unpaired) electrons. The maximum absolute atomic E-state index is 12.5. The van der Waals surface area contributed by atoms with Crippen molar-refractivity contribution in [1.82, 2.24) is 19.7 Å². The fourth-order valence-corrected chi connectivity index (χ4v) is 5.66. The van der Waals surface area contributed by atoms with Gasteiger partial charge in [-0.15, -0.1) is 32.9 Å². The molecule has 3 heterocycles. The van der Waals surface area contributed by atoms with Crippen LogP contribution in [-0.4, -0.2) is 31.4 Å². The van der Waals surface area contributed by atoms with Crippen LogP contribution in [0, 0.1) is 0 Å². The number of thiophene rings is 1. The van der Waals surface area contributed by atoms with Crippen LogP contribution in [0.5, 0.6) is 0 Å². The van der Waals surface area contributed by atoms with Gasteiger partial charge in [0.25, 0.3) is 0 Å². The van der Waals surface area contributed by atoms with E-state index >= 15 is 0 Å². The maximum Gasteiger partial charge on any atom is 0.236 e. The summed E-state index contributed by atoms with van der Waals surface area (Å²) >= 11 is 16.5. The van der Waals surface area contributed by atoms with Crippen molar-refractivity contribution in [3.8, 4) is 22.0 Å². The Morgan fingerprint density at radius 2 is 2.06 bits per heavy atom. The molecule has 31 heavy (non-hydrogen) atoms. The minimum Gasteiger partial charge on any atom is -0.301 e. The molecule has 0 aliphatic heterocycles. The van der Waals surface area contributed by atoms with E-state index in [0.717, 1.165) is 16.3 Å². The number of hydrogen-bond acceptors (Lipinski definition) is 7. The lowest BCUT2D eigenvalue weighted by atomic mass is 10.2. The number of carbonyl (C=O) groups is 1. The van der Waals surface area contributed by atoms with E-state index in [4.69, 9.17) is 23.2 Å². The maximum atomic E-state index is 12.5. The lowest BCUT2D eigenvalue weighted by Gasteiger charge is -2.12. The quantitative estimate of drug-likeness (QED) is 0.279. The molecular formula is C20H17Cl2N5OS3. The van der Waals surface area contributed by atoms with Crippen LogP contribution in [0.4, 0.5) is 5.13 Å². The molecule has 160 valence electrons. The Labute approximate surface area is 201 Å². The lowest BCUT2D eigenvalue weighted by Crippen LogP contribution is -2.15. The van der Waals surface area contributed by atoms with Crippen molar-refractivity contribution in [2.75, 3.05) is 11.1 Å². The first kappa shape index (κ1) is 22.3. The van der Waals surface area contributed by atoms with E-state index in [1.807, 2.05) is 33.5 Å². The van der Waals surface area contributed by atoms with Crippen LogP contribution < -0.4 is 5.32 Å². The lowest BCUT2D eigenvalue weighted by molar-refractivity contribution is -0.113. The number of carbonyl (C=O) groups excluding carboxylic acids is 1. The Morgan fingerprint density at radius 3 is 2.77 bits per heavy atom. The molecule has 0 unspecified atom stereocenters. The summed E-state index contributed by atoms with van der Waals surface area (Å²) in [4.78, 5) is 18.0. The number of anilines is 1. The van der Waals surface area contributed by atoms with E-state index in [1.54, 1.807) is 23.5 Å². The van der Waals surface area contributed by atoms with E-state index < -0.39 is 0 Å². The van der Waals surface area contributed by atoms with Gasteiger partial charge in [-0.2, -0.15) is 0 Å². The number of hydrogen-bond donors (Lipinski definition) is 1. The predicted octanol–water partition coefficient (Wildman–Crippen LogP) is 6.75. The average Bonchev–Trinajstić information content (AvgIpc) is 3.46. The van der Waals surface area contributed by atoms with Gasteiger partial charge in [0.05, 0.1) is 21.3 Å². The molecule has 0 aliphatic carbocycles. The zero-order valence-corrected chi connectivity index (χ0v) is 20.5. The summed E-state index contributed by atoms with van der Waals surface area (Å²) in [5.41, 5.74) is 1.46. The Balaban J connectivity index is 1.42. The van der Waals surface area contributed by atoms with Gasteiger partial charge in [0.15, 0.2) is 16.1 Å². The van der Waals surface area contributed by atoms with Gasteiger partial charge in [0.2, 0.25) is 5.91 Å². The summed E-state index contributed by atoms with van der Waals surface area (Å²) in [5.74, 6) is 0.854. The molecule has 0 spiro atoms. The monoisotopic (exact) mass is 509 g/mol. The molecular weight excluding hydrogens is 493 g/mol. The van der Waals surface area contributed by atoms with Gasteiger partial charge < -0.3 is 5.32 Å². The number of nitrogens with one attached hydrogen (secondary N) is 1. The molecule has 0 saturated carbocycles. The van der Waals surface area contributed by atoms with E-state index in [0.29, 0.717) is 26.0 Å². The second kappa shape index (κ2) is 9.70. The molecule has 6 nitrogen and oxygen atoms in total. The van der Waals surface area contributed by atoms with Crippen molar-refractivity contribution in [2.24, 2.45) is 0 Å². The topological polar surface area (TPSA) is 72.7 Å². The molecule has 11 heteroatoms. The third kappa shape index (κ3) is 5.12. The Hall–Kier alpha value is -1.91. The van der Waals surface area contributed by atoms with Crippen molar-refractivity contribution < 1.29 is 4.79 Å². The van der Waals surface area contributed by atoms with Crippen LogP contribution in [0.2, 0.25) is 10.0 Å². The highest BCUT2D eigenvalue weighted by atomic mass is 35.5. The molecule has 0 saturated heterocycles. The zero-order chi connectivity index (χ0) is 22.0. The standard InChI is InChI=1S/C20H17Cl2N5OS3/c1-11(2)27-18(16-4-3-7-29-16)25-26-20(27)31-10-17(28)24-19-23-15(9-30-19)13-6-5-12(21)8-14(13)22/h3-9,11H,10H2,1-2H3,(H,23,24,28). The molecule has 0 fully saturated rings. The van der Waals surface area contributed by atoms with Crippen molar-refractivity contribution in [3.05, 3.63) is 51.1 Å². The van der Waals surface area contributed by atoms with Gasteiger partial charge in [0, 0.05) is 22.0 Å². The summed E-state index contributed by atoms with van der Waals surface area (Å²) in [6, 6.07) is 9.41. The largest absolute Gasteiger partial charge is 0.301 e. The number of rotatable bonds is 7. The molecule has 1 amide bonds. The van der Waals surface area contributed by atoms with Crippen molar-refractivity contribution in [2.45, 2.75) is 25.0 Å². The molecule has 0 bridgehead atoms. The van der Waals surface area contributed by atoms with Gasteiger partial charge in [0.1, 0.15) is 0 Å². The van der Waals surface area contributed by atoms with Crippen LogP contribution >= 0.6 is 57.6 Å². The number of thiazole rings is 1. The van der Waals surface area contributed by atoms with Gasteiger partial charge >= 0.3 is 0 Å². The first-order valence-electron chi connectivity index (χ1n) is 9.24. The van der Waals surface area contributed by atoms with Crippen molar-refractivity contribution >= 4 is 68.7 Å². The molecule has 1 aromatic carbocycles. The van der Waals surface area contributed by atoms with Crippen LogP contribution in [0.1, 0.15) is 19.9 Å². The summed E-state index contributed by atoms with van der Waals surface area (Å²) in [6.07, 6.45) is 0. The second-order valence-corrected chi connectivity index (χ2v) is 10.3. The molecule has 1 N–H and O–H groups in total. The minimum absolute atomic E-state index is 0.163. The first-order valence-corrected chi connectivity index (χ1v) is 12.7. The normalized spacial score (nSPS) is 11.3. The minimum atomic E-state index is -0.163. The SMILES string of the molecule is CC(C)n1c(SCC(=O)Nc2nc(-c3ccc(Cl)cc3Cl)cs2)nnc1-c1cccs1. The summed E-state index contributed by atoms with van der Waals surface area (Å²) in [6.45, 7) is 4.15. The Morgan fingerprint density at radius 1 is 1.23 bits per heavy atom. The highest BCUT2D eigenvalue weighted by Crippen LogP contribution is 2.33. The van der Waals surface area contributed by atoms with Gasteiger partial charge in [-0.1, -0.05) is 41.0 Å². The predicted molar refractivity (Wildman–Crippen MR) is 131 cm³/mol. The molecule has 4 rings (SSSR count). The van der Waals surface area contributed by atoms with Crippen LogP contribution in [0.15, 0.2) is 46.2 Å². The molecule has 0 atom stereocenters. The fourth-order valence-electron chi connectivity index (χ4n) is 2.85. The first-order chi connectivity index (χ1) is 14.9. The van der Waals surface area contributed by atoms with Crippen molar-refractivity contribution in [3.63, 3.8) is 0 Å². The third-order valence-corrected chi connectivity index (χ3v) is 7.33. The second-order valence-electron chi connectivity index (χ2n) is 6.75. The number of halogens is 2. The summed E-state index contributed by atoms with van der Waals surface area (Å²) in [5, 5.41) is 17.6. The highest BCUT2D eigenvalue weighted by molar-refractivity contribution is 7.99. The van der Waals surface area contributed by atoms with E-state index in [-0.39, 0.29) is 17.7 Å². The molecule has 4 aromatic rings. The van der Waals surface area contributed by atoms with Crippen molar-refractivity contribution in [1.29, 1.82) is 0 Å². The molecule has 3 aromatic heterocycles. The highest BCUT2D eigenvalue weighted by Gasteiger charge is 2.19. The zero-order valence-electron chi connectivity index (χ0n) is 16.5. The smallest absolute Gasteiger partial charge is 0.236 e. The number of benzene rings is 1. The number of aromatic nitrogens is 4. The molecule has 0 aliphatic rings. The van der Waals surface area contributed by atoms with Gasteiger partial charge in [-0.25, -0.2) is 4.98 Å². The fraction of sp³-hybridized carbons (Fsp3) is 0.200. The average molecular weight is 510 g/mol. The number of thioether (sulfide) groups is 1. The van der Waals surface area contributed by atoms with Gasteiger partial charge in [-0.3, -0.25) is 9.36 Å². The van der Waals surface area contributed by atoms with E-state index in [2.05, 4.69) is 34.3 Å². The Kier molecular flexibility index (Phi) is 6.98. The summed E-state index contributed by atoms with van der Waals surface area (Å²) in [7, 11) is 0.